The number of hydrogen-bond donors (Lipinski definition) is 0. The highest BCUT2D eigenvalue weighted by atomic mass is 35.5. The van der Waals surface area contributed by atoms with Crippen molar-refractivity contribution in [2.45, 2.75) is 11.3 Å². The lowest BCUT2D eigenvalue weighted by atomic mass is 10.3. The van der Waals surface area contributed by atoms with Crippen molar-refractivity contribution in [1.82, 2.24) is 15.1 Å². The van der Waals surface area contributed by atoms with Crippen LogP contribution in [0.3, 0.4) is 0 Å². The maximum absolute atomic E-state index is 12.3. The molecule has 0 saturated heterocycles. The highest BCUT2D eigenvalue weighted by Gasteiger charge is 2.17. The van der Waals surface area contributed by atoms with E-state index in [1.165, 1.54) is 31.4 Å². The van der Waals surface area contributed by atoms with Gasteiger partial charge in [-0.05, 0) is 30.3 Å². The minimum absolute atomic E-state index is 0.130. The summed E-state index contributed by atoms with van der Waals surface area (Å²) in [5.74, 6) is 0.920. The highest BCUT2D eigenvalue weighted by Crippen LogP contribution is 2.19. The third-order valence-electron chi connectivity index (χ3n) is 3.43. The van der Waals surface area contributed by atoms with Crippen LogP contribution < -0.4 is 4.74 Å². The van der Waals surface area contributed by atoms with Gasteiger partial charge in [0.25, 0.3) is 5.89 Å². The maximum Gasteiger partial charge on any atom is 0.259 e. The third kappa shape index (κ3) is 4.15. The fraction of sp³-hybridized carbons (Fsp3) is 0.188. The van der Waals surface area contributed by atoms with E-state index in [9.17, 15) is 8.42 Å². The molecule has 130 valence electrons. The molecule has 0 bridgehead atoms. The Morgan fingerprint density at radius 1 is 1.16 bits per heavy atom. The molecule has 0 spiro atoms. The Balaban J connectivity index is 1.69. The van der Waals surface area contributed by atoms with Crippen molar-refractivity contribution in [2.75, 3.05) is 12.9 Å². The molecule has 0 amide bonds. The molecular formula is C16H14ClN3O4S. The Labute approximate surface area is 149 Å². The number of aryl methyl sites for hydroxylation is 1. The van der Waals surface area contributed by atoms with Gasteiger partial charge in [-0.1, -0.05) is 16.8 Å². The summed E-state index contributed by atoms with van der Waals surface area (Å²) in [7, 11) is -1.93. The molecule has 9 heteroatoms. The minimum Gasteiger partial charge on any atom is -0.481 e. The Morgan fingerprint density at radius 2 is 1.92 bits per heavy atom. The van der Waals surface area contributed by atoms with Gasteiger partial charge in [0.05, 0.1) is 23.3 Å². The van der Waals surface area contributed by atoms with Gasteiger partial charge in [-0.3, -0.25) is 0 Å². The molecule has 1 aromatic carbocycles. The maximum atomic E-state index is 12.3. The van der Waals surface area contributed by atoms with E-state index in [0.29, 0.717) is 22.3 Å². The van der Waals surface area contributed by atoms with Crippen molar-refractivity contribution in [3.63, 3.8) is 0 Å². The van der Waals surface area contributed by atoms with Crippen molar-refractivity contribution in [1.29, 1.82) is 0 Å². The second-order valence-electron chi connectivity index (χ2n) is 5.13. The molecule has 0 fully saturated rings. The number of sulfone groups is 1. The molecule has 2 heterocycles. The predicted octanol–water partition coefficient (Wildman–Crippen LogP) is 2.81. The molecule has 0 saturated carbocycles. The van der Waals surface area contributed by atoms with E-state index in [1.807, 2.05) is 0 Å². The van der Waals surface area contributed by atoms with E-state index in [0.717, 1.165) is 0 Å². The number of aromatic nitrogens is 3. The second-order valence-corrected chi connectivity index (χ2v) is 7.67. The average Bonchev–Trinajstić information content (AvgIpc) is 3.10. The monoisotopic (exact) mass is 379 g/mol. The van der Waals surface area contributed by atoms with Crippen LogP contribution in [0.5, 0.6) is 5.88 Å². The first-order valence-corrected chi connectivity index (χ1v) is 9.32. The van der Waals surface area contributed by atoms with Crippen molar-refractivity contribution in [2.24, 2.45) is 0 Å². The molecule has 0 unspecified atom stereocenters. The molecule has 0 radical (unpaired) electrons. The summed E-state index contributed by atoms with van der Waals surface area (Å²) >= 11 is 5.77. The standard InChI is InChI=1S/C16H14ClN3O4S/c1-23-15-7-2-11(10-18-15)16-19-14(20-24-16)8-9-25(21,22)13-5-3-12(17)4-6-13/h2-7,10H,8-9H2,1H3. The quantitative estimate of drug-likeness (QED) is 0.649. The van der Waals surface area contributed by atoms with Gasteiger partial charge >= 0.3 is 0 Å². The van der Waals surface area contributed by atoms with Crippen molar-refractivity contribution >= 4 is 21.4 Å². The molecular weight excluding hydrogens is 366 g/mol. The molecule has 0 aliphatic heterocycles. The Kier molecular flexibility index (Phi) is 5.00. The summed E-state index contributed by atoms with van der Waals surface area (Å²) in [6, 6.07) is 9.43. The number of halogens is 1. The molecule has 25 heavy (non-hydrogen) atoms. The van der Waals surface area contributed by atoms with E-state index >= 15 is 0 Å². The van der Waals surface area contributed by atoms with E-state index in [4.69, 9.17) is 20.9 Å². The topological polar surface area (TPSA) is 95.2 Å². The minimum atomic E-state index is -3.45. The number of hydrogen-bond acceptors (Lipinski definition) is 7. The Hall–Kier alpha value is -2.45. The molecule has 7 nitrogen and oxygen atoms in total. The van der Waals surface area contributed by atoms with E-state index in [1.54, 1.807) is 18.3 Å². The van der Waals surface area contributed by atoms with E-state index < -0.39 is 9.84 Å². The molecule has 0 aliphatic rings. The van der Waals surface area contributed by atoms with Crippen molar-refractivity contribution in [3.05, 3.63) is 53.4 Å². The molecule has 0 N–H and O–H groups in total. The van der Waals surface area contributed by atoms with Crippen LogP contribution in [0.4, 0.5) is 0 Å². The van der Waals surface area contributed by atoms with Crippen LogP contribution in [0.2, 0.25) is 5.02 Å². The normalized spacial score (nSPS) is 11.4. The largest absolute Gasteiger partial charge is 0.481 e. The smallest absolute Gasteiger partial charge is 0.259 e. The molecule has 0 atom stereocenters. The zero-order valence-corrected chi connectivity index (χ0v) is 14.8. The van der Waals surface area contributed by atoms with E-state index in [-0.39, 0.29) is 23.0 Å². The number of ether oxygens (including phenoxy) is 1. The molecule has 3 aromatic rings. The van der Waals surface area contributed by atoms with Crippen LogP contribution in [-0.2, 0) is 16.3 Å². The van der Waals surface area contributed by atoms with Crippen LogP contribution in [0.15, 0.2) is 52.0 Å². The second kappa shape index (κ2) is 7.20. The summed E-state index contributed by atoms with van der Waals surface area (Å²) in [5.41, 5.74) is 0.625. The van der Waals surface area contributed by atoms with Crippen molar-refractivity contribution < 1.29 is 17.7 Å². The molecule has 0 aliphatic carbocycles. The lowest BCUT2D eigenvalue weighted by molar-refractivity contribution is 0.397. The predicted molar refractivity (Wildman–Crippen MR) is 91.3 cm³/mol. The lowest BCUT2D eigenvalue weighted by Crippen LogP contribution is -2.10. The average molecular weight is 380 g/mol. The number of methoxy groups -OCH3 is 1. The fourth-order valence-electron chi connectivity index (χ4n) is 2.09. The number of pyridine rings is 1. The SMILES string of the molecule is COc1ccc(-c2nc(CCS(=O)(=O)c3ccc(Cl)cc3)no2)cn1. The van der Waals surface area contributed by atoms with Gasteiger partial charge in [-0.2, -0.15) is 4.98 Å². The highest BCUT2D eigenvalue weighted by molar-refractivity contribution is 7.91. The third-order valence-corrected chi connectivity index (χ3v) is 5.41. The molecule has 2 aromatic heterocycles. The summed E-state index contributed by atoms with van der Waals surface area (Å²) in [6.45, 7) is 0. The van der Waals surface area contributed by atoms with Crippen LogP contribution in [0.25, 0.3) is 11.5 Å². The van der Waals surface area contributed by atoms with Crippen LogP contribution >= 0.6 is 11.6 Å². The first-order chi connectivity index (χ1) is 12.0. The summed E-state index contributed by atoms with van der Waals surface area (Å²) < 4.78 is 34.8. The Bertz CT molecular complexity index is 954. The van der Waals surface area contributed by atoms with Gasteiger partial charge in [-0.25, -0.2) is 13.4 Å². The van der Waals surface area contributed by atoms with Gasteiger partial charge in [0, 0.05) is 23.7 Å². The van der Waals surface area contributed by atoms with Crippen molar-refractivity contribution in [3.8, 4) is 17.3 Å². The van der Waals surface area contributed by atoms with Gasteiger partial charge in [-0.15, -0.1) is 0 Å². The van der Waals surface area contributed by atoms with E-state index in [2.05, 4.69) is 15.1 Å². The van der Waals surface area contributed by atoms with Crippen LogP contribution in [0.1, 0.15) is 5.82 Å². The Morgan fingerprint density at radius 3 is 2.56 bits per heavy atom. The lowest BCUT2D eigenvalue weighted by Gasteiger charge is -2.02. The zero-order chi connectivity index (χ0) is 17.9. The number of benzene rings is 1. The van der Waals surface area contributed by atoms with Gasteiger partial charge in [0.1, 0.15) is 0 Å². The summed E-state index contributed by atoms with van der Waals surface area (Å²) in [5, 5.41) is 4.30. The van der Waals surface area contributed by atoms with Crippen LogP contribution in [0, 0.1) is 0 Å². The number of nitrogens with zero attached hydrogens (tertiary/aromatic N) is 3. The summed E-state index contributed by atoms with van der Waals surface area (Å²) in [4.78, 5) is 8.47. The van der Waals surface area contributed by atoms with Gasteiger partial charge < -0.3 is 9.26 Å². The van der Waals surface area contributed by atoms with Gasteiger partial charge in [0.15, 0.2) is 15.7 Å². The first kappa shape index (κ1) is 17.4. The molecule has 3 rings (SSSR count). The fourth-order valence-corrected chi connectivity index (χ4v) is 3.45. The number of rotatable bonds is 6. The zero-order valence-electron chi connectivity index (χ0n) is 13.2. The summed E-state index contributed by atoms with van der Waals surface area (Å²) in [6.07, 6.45) is 1.68. The van der Waals surface area contributed by atoms with Crippen LogP contribution in [-0.4, -0.2) is 36.4 Å². The van der Waals surface area contributed by atoms with Gasteiger partial charge in [0.2, 0.25) is 5.88 Å². The first-order valence-electron chi connectivity index (χ1n) is 7.29.